The molecule has 4 saturated heterocycles. The number of H-pyrrole nitrogens is 1. The van der Waals surface area contributed by atoms with Gasteiger partial charge in [-0.25, -0.2) is 0 Å². The molecule has 370 valence electrons. The van der Waals surface area contributed by atoms with Crippen LogP contribution in [0.1, 0.15) is 76.9 Å². The summed E-state index contributed by atoms with van der Waals surface area (Å²) in [5.41, 5.74) is 3.62. The van der Waals surface area contributed by atoms with Crippen LogP contribution < -0.4 is 15.5 Å². The van der Waals surface area contributed by atoms with Gasteiger partial charge in [-0.2, -0.15) is 0 Å². The third kappa shape index (κ3) is 9.91. The van der Waals surface area contributed by atoms with Gasteiger partial charge in [-0.15, -0.1) is 0 Å². The van der Waals surface area contributed by atoms with E-state index in [1.165, 1.54) is 12.1 Å². The number of aromatic nitrogens is 1. The number of fused-ring (bicyclic) bond motifs is 3. The maximum Gasteiger partial charge on any atom is 0.255 e. The number of anilines is 2. The van der Waals surface area contributed by atoms with Crippen molar-refractivity contribution in [3.05, 3.63) is 94.7 Å². The molecule has 4 aromatic rings. The summed E-state index contributed by atoms with van der Waals surface area (Å²) in [6, 6.07) is 15.9. The standard InChI is InChI=1S/C44H54N7O9.C7H5F2.Sn/c52-30-44(57)12-18-50(29-44)32-4-5-35-31(26-32)27-37(46-35)42(56)49-16-10-43(11-17-49)8-14-48(15-9-43)19-21-59-23-25-60-24-22-58-20-13-45-36-3-1-2-33-34(36)28-51(41(33)55)38-6-7-39(53)47-40(38)54;1-5-2-6(8)4-7(9)3-5;/h1-5,26-27,38,45-46,57H,6-25,28H2,(H,47,53,54);2-4H,1H2;/t38?,44-;;/m1../s1. The Morgan fingerprint density at radius 3 is 2.29 bits per heavy atom. The van der Waals surface area contributed by atoms with Crippen LogP contribution in [-0.4, -0.2) is 172 Å². The fourth-order valence-corrected chi connectivity index (χ4v) is 19.9. The Morgan fingerprint density at radius 2 is 1.54 bits per heavy atom. The minimum Gasteiger partial charge on any atom is -0.295 e. The van der Waals surface area contributed by atoms with Gasteiger partial charge in [0.1, 0.15) is 6.04 Å². The van der Waals surface area contributed by atoms with Crippen LogP contribution >= 0.6 is 0 Å². The molecule has 0 saturated carbocycles. The van der Waals surface area contributed by atoms with Crippen molar-refractivity contribution >= 4 is 72.6 Å². The summed E-state index contributed by atoms with van der Waals surface area (Å²) in [4.78, 5) is 75.4. The summed E-state index contributed by atoms with van der Waals surface area (Å²) in [5.74, 6) is -2.31. The van der Waals surface area contributed by atoms with Crippen LogP contribution in [0.3, 0.4) is 0 Å². The van der Waals surface area contributed by atoms with E-state index in [0.717, 1.165) is 82.9 Å². The molecular formula is C51H59F2N7O9Sn. The first kappa shape index (κ1) is 48.5. The van der Waals surface area contributed by atoms with Gasteiger partial charge in [-0.05, 0) is 44.5 Å². The number of carbonyl (C=O) groups excluding carboxylic acids is 5. The number of amides is 4. The molecular weight excluding hydrogens is 1010 g/mol. The van der Waals surface area contributed by atoms with E-state index >= 15 is 0 Å². The Labute approximate surface area is 411 Å². The predicted molar refractivity (Wildman–Crippen MR) is 258 cm³/mol. The van der Waals surface area contributed by atoms with E-state index in [9.17, 15) is 37.9 Å². The van der Waals surface area contributed by atoms with Crippen molar-refractivity contribution < 1.29 is 52.1 Å². The number of nitrogens with zero attached hydrogens (tertiary/aromatic N) is 4. The van der Waals surface area contributed by atoms with Crippen LogP contribution in [0, 0.1) is 17.0 Å². The molecule has 1 unspecified atom stereocenters. The van der Waals surface area contributed by atoms with Gasteiger partial charge in [0.25, 0.3) is 5.91 Å². The van der Waals surface area contributed by atoms with Crippen molar-refractivity contribution in [2.45, 2.75) is 67.6 Å². The number of hydrogen-bond acceptors (Lipinski definition) is 12. The summed E-state index contributed by atoms with van der Waals surface area (Å²) < 4.78 is 46.2. The van der Waals surface area contributed by atoms with Gasteiger partial charge in [-0.1, -0.05) is 6.07 Å². The number of benzene rings is 3. The van der Waals surface area contributed by atoms with E-state index < -0.39 is 48.5 Å². The number of likely N-dealkylation sites (tertiary alicyclic amines) is 2. The van der Waals surface area contributed by atoms with Gasteiger partial charge in [0.05, 0.1) is 39.6 Å². The molecule has 3 aromatic carbocycles. The number of halogens is 2. The van der Waals surface area contributed by atoms with Gasteiger partial charge in [0.15, 0.2) is 0 Å². The van der Waals surface area contributed by atoms with Crippen LogP contribution in [0.2, 0.25) is 0 Å². The second kappa shape index (κ2) is 20.5. The molecule has 4 amide bonds. The summed E-state index contributed by atoms with van der Waals surface area (Å²) in [7, 11) is 0. The Hall–Kier alpha value is -5.12. The molecule has 0 aliphatic carbocycles. The summed E-state index contributed by atoms with van der Waals surface area (Å²) in [6.45, 7) is 8.57. The molecule has 4 fully saturated rings. The SMILES string of the molecule is O=C1CCC(N2Cc3c(NCCOCCOCCOCCN4CCC5(CC4)CCN(C(=O)c4cc6cc(N7CC[C@]8(O)[C](=O)[Sn]([CH2]c9cc(F)cc(F)c9)=[C]78)ccc6[nH]4)CC5)cccc3C2=O)C(=O)N1. The van der Waals surface area contributed by atoms with Crippen molar-refractivity contribution in [3.8, 4) is 0 Å². The average Bonchev–Trinajstić information content (AvgIpc) is 4.03. The molecule has 70 heavy (non-hydrogen) atoms. The zero-order valence-electron chi connectivity index (χ0n) is 39.2. The third-order valence-electron chi connectivity index (χ3n) is 15.2. The van der Waals surface area contributed by atoms with Crippen LogP contribution in [0.25, 0.3) is 10.9 Å². The quantitative estimate of drug-likeness (QED) is 0.0645. The maximum absolute atomic E-state index is 14.0. The fraction of sp³-hybridized carbons (Fsp3) is 0.490. The third-order valence-corrected chi connectivity index (χ3v) is 23.7. The molecule has 6 aliphatic heterocycles. The maximum atomic E-state index is 14.0. The smallest absolute Gasteiger partial charge is 0.255 e. The van der Waals surface area contributed by atoms with Crippen molar-refractivity contribution in [3.63, 3.8) is 0 Å². The second-order valence-electron chi connectivity index (χ2n) is 19.5. The van der Waals surface area contributed by atoms with Gasteiger partial charge >= 0.3 is 207 Å². The summed E-state index contributed by atoms with van der Waals surface area (Å²) in [5, 5.41) is 17.8. The minimum atomic E-state index is -3.10. The molecule has 1 aromatic heterocycles. The van der Waals surface area contributed by atoms with Crippen LogP contribution in [0.5, 0.6) is 0 Å². The number of nitrogens with one attached hydrogen (secondary N) is 3. The normalized spacial score (nSPS) is 22.3. The van der Waals surface area contributed by atoms with Gasteiger partial charge < -0.3 is 29.3 Å². The van der Waals surface area contributed by atoms with Gasteiger partial charge in [-0.3, -0.25) is 19.7 Å². The molecule has 19 heteroatoms. The van der Waals surface area contributed by atoms with E-state index in [-0.39, 0.29) is 33.4 Å². The van der Waals surface area contributed by atoms with E-state index in [4.69, 9.17) is 14.2 Å². The number of carbonyl (C=O) groups is 5. The number of imide groups is 1. The Morgan fingerprint density at radius 1 is 0.829 bits per heavy atom. The Bertz CT molecular complexity index is 2710. The zero-order chi connectivity index (χ0) is 48.6. The topological polar surface area (TPSA) is 186 Å². The number of rotatable bonds is 18. The second-order valence-corrected chi connectivity index (χ2v) is 25.8. The van der Waals surface area contributed by atoms with E-state index in [0.29, 0.717) is 106 Å². The molecule has 0 bridgehead atoms. The van der Waals surface area contributed by atoms with E-state index in [1.54, 1.807) is 11.0 Å². The average molecular weight is 1070 g/mol. The first-order chi connectivity index (χ1) is 33.9. The van der Waals surface area contributed by atoms with E-state index in [1.807, 2.05) is 46.2 Å². The first-order valence-corrected chi connectivity index (χ1v) is 29.4. The van der Waals surface area contributed by atoms with Crippen molar-refractivity contribution in [1.29, 1.82) is 0 Å². The van der Waals surface area contributed by atoms with Crippen LogP contribution in [0.15, 0.2) is 60.7 Å². The van der Waals surface area contributed by atoms with Gasteiger partial charge in [0.2, 0.25) is 11.8 Å². The van der Waals surface area contributed by atoms with Crippen LogP contribution in [0.4, 0.5) is 20.2 Å². The molecule has 16 nitrogen and oxygen atoms in total. The predicted octanol–water partition coefficient (Wildman–Crippen LogP) is 3.74. The number of aromatic amines is 1. The molecule has 1 spiro atoms. The molecule has 6 aliphatic rings. The molecule has 4 N–H and O–H groups in total. The number of piperidine rings is 3. The van der Waals surface area contributed by atoms with Gasteiger partial charge in [0, 0.05) is 42.9 Å². The summed E-state index contributed by atoms with van der Waals surface area (Å²) >= 11 is -3.10. The van der Waals surface area contributed by atoms with Crippen LogP contribution in [-0.2, 0) is 39.6 Å². The molecule has 0 radical (unpaired) electrons. The largest absolute Gasteiger partial charge is 0.295 e. The minimum absolute atomic E-state index is 0.0192. The molecule has 10 rings (SSSR count). The Balaban J connectivity index is 0.595. The van der Waals surface area contributed by atoms with E-state index in [2.05, 4.69) is 20.5 Å². The number of ether oxygens (including phenoxy) is 3. The fourth-order valence-electron chi connectivity index (χ4n) is 11.2. The summed E-state index contributed by atoms with van der Waals surface area (Å²) in [6.07, 6.45) is 4.97. The molecule has 2 atom stereocenters. The van der Waals surface area contributed by atoms with Crippen molar-refractivity contribution in [2.24, 2.45) is 5.41 Å². The Kier molecular flexibility index (Phi) is 14.2. The zero-order valence-corrected chi connectivity index (χ0v) is 42.0. The molecule has 7 heterocycles. The van der Waals surface area contributed by atoms with Crippen molar-refractivity contribution in [1.82, 2.24) is 25.0 Å². The number of hydrogen-bond donors (Lipinski definition) is 4. The van der Waals surface area contributed by atoms with Crippen molar-refractivity contribution in [2.75, 3.05) is 95.7 Å². The first-order valence-electron chi connectivity index (χ1n) is 24.5. The number of aliphatic hydroxyl groups is 1. The monoisotopic (exact) mass is 1070 g/mol.